The van der Waals surface area contributed by atoms with Crippen molar-refractivity contribution in [2.45, 2.75) is 33.7 Å². The van der Waals surface area contributed by atoms with Gasteiger partial charge in [-0.2, -0.15) is 0 Å². The first-order valence-corrected chi connectivity index (χ1v) is 13.5. The van der Waals surface area contributed by atoms with Crippen molar-refractivity contribution in [1.82, 2.24) is 4.57 Å². The minimum absolute atomic E-state index is 0.176. The number of aromatic nitrogens is 1. The Kier molecular flexibility index (Phi) is 8.49. The molecule has 0 unspecified atom stereocenters. The molecule has 0 spiro atoms. The van der Waals surface area contributed by atoms with Gasteiger partial charge >= 0.3 is 5.97 Å². The van der Waals surface area contributed by atoms with Crippen molar-refractivity contribution in [2.24, 2.45) is 4.99 Å². The van der Waals surface area contributed by atoms with Crippen LogP contribution in [0.5, 0.6) is 17.2 Å². The number of methoxy groups -OCH3 is 3. The van der Waals surface area contributed by atoms with E-state index in [1.54, 1.807) is 32.1 Å². The molecule has 0 fully saturated rings. The van der Waals surface area contributed by atoms with Gasteiger partial charge in [-0.1, -0.05) is 11.3 Å². The molecular formula is C28H33N3O7S. The van der Waals surface area contributed by atoms with E-state index in [2.05, 4.69) is 23.7 Å². The summed E-state index contributed by atoms with van der Waals surface area (Å²) in [5.41, 5.74) is 0.984. The highest BCUT2D eigenvalue weighted by molar-refractivity contribution is 7.07. The lowest BCUT2D eigenvalue weighted by Gasteiger charge is -2.26. The molecule has 0 saturated carbocycles. The number of esters is 1. The molecule has 0 N–H and O–H groups in total. The molecule has 4 rings (SSSR count). The van der Waals surface area contributed by atoms with E-state index in [1.165, 1.54) is 37.2 Å². The maximum Gasteiger partial charge on any atom is 0.338 e. The van der Waals surface area contributed by atoms with Gasteiger partial charge < -0.3 is 28.3 Å². The molecule has 1 atom stereocenters. The Bertz CT molecular complexity index is 1550. The summed E-state index contributed by atoms with van der Waals surface area (Å²) in [6, 6.07) is 6.34. The molecule has 1 aliphatic rings. The number of benzene rings is 1. The predicted octanol–water partition coefficient (Wildman–Crippen LogP) is 3.26. The molecule has 3 heterocycles. The summed E-state index contributed by atoms with van der Waals surface area (Å²) in [6.07, 6.45) is 1.70. The Morgan fingerprint density at radius 2 is 1.77 bits per heavy atom. The normalized spacial score (nSPS) is 15.1. The third-order valence-corrected chi connectivity index (χ3v) is 7.46. The van der Waals surface area contributed by atoms with Crippen LogP contribution in [-0.2, 0) is 9.53 Å². The van der Waals surface area contributed by atoms with Crippen LogP contribution in [-0.4, -0.2) is 51.6 Å². The van der Waals surface area contributed by atoms with E-state index in [4.69, 9.17) is 23.4 Å². The number of carbonyl (C=O) groups is 1. The molecule has 3 aromatic rings. The smallest absolute Gasteiger partial charge is 0.338 e. The summed E-state index contributed by atoms with van der Waals surface area (Å²) in [6.45, 7) is 9.35. The second-order valence-electron chi connectivity index (χ2n) is 8.61. The number of hydrogen-bond donors (Lipinski definition) is 0. The summed E-state index contributed by atoms with van der Waals surface area (Å²) in [5, 5.41) is 0. The Morgan fingerprint density at radius 3 is 2.33 bits per heavy atom. The maximum absolute atomic E-state index is 13.9. The third kappa shape index (κ3) is 5.18. The van der Waals surface area contributed by atoms with E-state index < -0.39 is 12.0 Å². The number of nitrogens with zero attached hydrogens (tertiary/aromatic N) is 3. The number of thiazole rings is 1. The van der Waals surface area contributed by atoms with Crippen LogP contribution in [0.3, 0.4) is 0 Å². The molecule has 0 aliphatic carbocycles. The van der Waals surface area contributed by atoms with Gasteiger partial charge in [-0.15, -0.1) is 0 Å². The number of ether oxygens (including phenoxy) is 4. The highest BCUT2D eigenvalue weighted by Gasteiger charge is 2.34. The Balaban J connectivity index is 1.95. The van der Waals surface area contributed by atoms with Crippen molar-refractivity contribution in [3.63, 3.8) is 0 Å². The van der Waals surface area contributed by atoms with Gasteiger partial charge in [-0.05, 0) is 51.5 Å². The minimum Gasteiger partial charge on any atom is -0.493 e. The van der Waals surface area contributed by atoms with Crippen LogP contribution in [0.2, 0.25) is 0 Å². The first-order chi connectivity index (χ1) is 18.8. The van der Waals surface area contributed by atoms with Crippen molar-refractivity contribution in [1.29, 1.82) is 0 Å². The Hall–Kier alpha value is -3.99. The zero-order valence-corrected chi connectivity index (χ0v) is 24.0. The van der Waals surface area contributed by atoms with Crippen molar-refractivity contribution in [2.75, 3.05) is 45.9 Å². The van der Waals surface area contributed by atoms with Crippen molar-refractivity contribution < 1.29 is 28.2 Å². The second kappa shape index (κ2) is 11.8. The van der Waals surface area contributed by atoms with Gasteiger partial charge in [0.05, 0.1) is 49.8 Å². The largest absolute Gasteiger partial charge is 0.493 e. The number of hydrogen-bond acceptors (Lipinski definition) is 10. The highest BCUT2D eigenvalue weighted by Crippen LogP contribution is 2.42. The molecule has 2 aromatic heterocycles. The van der Waals surface area contributed by atoms with Gasteiger partial charge in [0.2, 0.25) is 5.75 Å². The standard InChI is InChI=1S/C28H33N3O7S/c1-8-30(9-2)22-12-11-18(38-22)15-21-26(32)31-24(17-13-19(34-5)25(36-7)20(14-17)35-6)23(27(33)37-10-3)16(4)29-28(31)39-21/h11-15,24H,8-10H2,1-7H3/b21-15+/t24-/m1/s1. The fourth-order valence-electron chi connectivity index (χ4n) is 4.62. The quantitative estimate of drug-likeness (QED) is 0.351. The molecule has 39 heavy (non-hydrogen) atoms. The molecule has 0 saturated heterocycles. The summed E-state index contributed by atoms with van der Waals surface area (Å²) in [4.78, 5) is 34.2. The molecule has 0 radical (unpaired) electrons. The summed E-state index contributed by atoms with van der Waals surface area (Å²) in [7, 11) is 4.53. The molecule has 0 amide bonds. The molecule has 1 aromatic carbocycles. The van der Waals surface area contributed by atoms with Crippen LogP contribution in [0, 0.1) is 0 Å². The fraction of sp³-hybridized carbons (Fsp3) is 0.393. The van der Waals surface area contributed by atoms with Crippen LogP contribution < -0.4 is 34.0 Å². The first kappa shape index (κ1) is 28.0. The van der Waals surface area contributed by atoms with Crippen molar-refractivity contribution in [3.8, 4) is 17.2 Å². The lowest BCUT2D eigenvalue weighted by Crippen LogP contribution is -2.40. The second-order valence-corrected chi connectivity index (χ2v) is 9.62. The predicted molar refractivity (Wildman–Crippen MR) is 149 cm³/mol. The van der Waals surface area contributed by atoms with E-state index in [-0.39, 0.29) is 17.7 Å². The maximum atomic E-state index is 13.9. The average Bonchev–Trinajstić information content (AvgIpc) is 3.51. The van der Waals surface area contributed by atoms with E-state index >= 15 is 0 Å². The zero-order chi connectivity index (χ0) is 28.3. The summed E-state index contributed by atoms with van der Waals surface area (Å²) in [5.74, 6) is 1.92. The average molecular weight is 556 g/mol. The SMILES string of the molecule is CCOC(=O)C1=C(C)N=c2s/c(=C/c3ccc(N(CC)CC)o3)c(=O)n2[C@@H]1c1cc(OC)c(OC)c(OC)c1. The Morgan fingerprint density at radius 1 is 1.10 bits per heavy atom. The molecule has 10 nitrogen and oxygen atoms in total. The zero-order valence-electron chi connectivity index (χ0n) is 23.2. The number of anilines is 1. The molecule has 1 aliphatic heterocycles. The van der Waals surface area contributed by atoms with E-state index in [0.29, 0.717) is 43.6 Å². The van der Waals surface area contributed by atoms with E-state index in [9.17, 15) is 9.59 Å². The lowest BCUT2D eigenvalue weighted by molar-refractivity contribution is -0.139. The van der Waals surface area contributed by atoms with Gasteiger partial charge in [0.15, 0.2) is 22.2 Å². The lowest BCUT2D eigenvalue weighted by atomic mass is 9.95. The number of allylic oxidation sites excluding steroid dienone is 1. The first-order valence-electron chi connectivity index (χ1n) is 12.7. The molecule has 0 bridgehead atoms. The minimum atomic E-state index is -0.834. The molecular weight excluding hydrogens is 522 g/mol. The van der Waals surface area contributed by atoms with Gasteiger partial charge in [0, 0.05) is 25.2 Å². The molecule has 208 valence electrons. The topological polar surface area (TPSA) is 105 Å². The Labute approximate surface area is 230 Å². The number of rotatable bonds is 10. The van der Waals surface area contributed by atoms with Gasteiger partial charge in [0.1, 0.15) is 5.76 Å². The number of furan rings is 1. The fourth-order valence-corrected chi connectivity index (χ4v) is 5.65. The highest BCUT2D eigenvalue weighted by atomic mass is 32.1. The van der Waals surface area contributed by atoms with Gasteiger partial charge in [0.25, 0.3) is 5.56 Å². The van der Waals surface area contributed by atoms with Gasteiger partial charge in [-0.25, -0.2) is 9.79 Å². The summed E-state index contributed by atoms with van der Waals surface area (Å²) >= 11 is 1.22. The van der Waals surface area contributed by atoms with Crippen LogP contribution in [0.15, 0.2) is 49.7 Å². The van der Waals surface area contributed by atoms with Gasteiger partial charge in [-0.3, -0.25) is 9.36 Å². The van der Waals surface area contributed by atoms with Crippen LogP contribution in [0.1, 0.15) is 45.1 Å². The monoisotopic (exact) mass is 555 g/mol. The van der Waals surface area contributed by atoms with Crippen molar-refractivity contribution in [3.05, 3.63) is 66.5 Å². The van der Waals surface area contributed by atoms with Crippen molar-refractivity contribution >= 4 is 29.3 Å². The van der Waals surface area contributed by atoms with Crippen LogP contribution in [0.25, 0.3) is 6.08 Å². The third-order valence-electron chi connectivity index (χ3n) is 6.48. The van der Waals surface area contributed by atoms with Crippen LogP contribution >= 0.6 is 11.3 Å². The molecule has 11 heteroatoms. The van der Waals surface area contributed by atoms with Crippen LogP contribution in [0.4, 0.5) is 5.88 Å². The van der Waals surface area contributed by atoms with E-state index in [0.717, 1.165) is 19.0 Å². The van der Waals surface area contributed by atoms with E-state index in [1.807, 2.05) is 12.1 Å². The number of carbonyl (C=O) groups excluding carboxylic acids is 1. The number of fused-ring (bicyclic) bond motifs is 1. The summed E-state index contributed by atoms with van der Waals surface area (Å²) < 4.78 is 29.9.